The Bertz CT molecular complexity index is 1260. The smallest absolute Gasteiger partial charge is 0.416 e. The minimum absolute atomic E-state index is 0.171. The number of anilines is 1. The van der Waals surface area contributed by atoms with Crippen LogP contribution in [0.4, 0.5) is 18.9 Å². The highest BCUT2D eigenvalue weighted by molar-refractivity contribution is 5.85. The molecule has 2 aromatic heterocycles. The maximum atomic E-state index is 12.8. The van der Waals surface area contributed by atoms with Gasteiger partial charge in [-0.1, -0.05) is 6.07 Å². The standard InChI is InChI=1S/C23H22F3N5O2/c1-13-8-17(15(3)31(13)22-20(10-27)14(2)16(4)33-22)11-29-30-21(32)12-28-19-7-5-6-18(9-19)23(24,25)26/h5-9,11,28H,12H2,1-4H3,(H,30,32)/b29-11-. The Morgan fingerprint density at radius 2 is 1.97 bits per heavy atom. The molecule has 0 unspecified atom stereocenters. The third-order valence-corrected chi connectivity index (χ3v) is 5.19. The number of rotatable bonds is 6. The van der Waals surface area contributed by atoms with Crippen molar-refractivity contribution in [1.29, 1.82) is 5.26 Å². The van der Waals surface area contributed by atoms with Gasteiger partial charge >= 0.3 is 6.18 Å². The molecule has 0 spiro atoms. The zero-order valence-corrected chi connectivity index (χ0v) is 18.5. The van der Waals surface area contributed by atoms with Gasteiger partial charge in [-0.15, -0.1) is 0 Å². The van der Waals surface area contributed by atoms with Crippen molar-refractivity contribution in [2.45, 2.75) is 33.9 Å². The van der Waals surface area contributed by atoms with E-state index in [9.17, 15) is 23.2 Å². The summed E-state index contributed by atoms with van der Waals surface area (Å²) in [6.45, 7) is 7.05. The number of aromatic nitrogens is 1. The number of amides is 1. The summed E-state index contributed by atoms with van der Waals surface area (Å²) in [6.07, 6.45) is -3.01. The van der Waals surface area contributed by atoms with Crippen LogP contribution in [0.3, 0.4) is 0 Å². The SMILES string of the molecule is Cc1oc(-n2c(C)cc(/C=N\NC(=O)CNc3cccc(C(F)(F)F)c3)c2C)c(C#N)c1C. The van der Waals surface area contributed by atoms with E-state index < -0.39 is 17.6 Å². The van der Waals surface area contributed by atoms with Crippen molar-refractivity contribution in [2.24, 2.45) is 5.10 Å². The predicted octanol–water partition coefficient (Wildman–Crippen LogP) is 4.76. The normalized spacial score (nSPS) is 11.6. The van der Waals surface area contributed by atoms with E-state index in [4.69, 9.17) is 4.42 Å². The Morgan fingerprint density at radius 3 is 2.64 bits per heavy atom. The van der Waals surface area contributed by atoms with E-state index in [0.717, 1.165) is 29.1 Å². The van der Waals surface area contributed by atoms with Crippen LogP contribution in [0, 0.1) is 39.0 Å². The fourth-order valence-electron chi connectivity index (χ4n) is 3.33. The highest BCUT2D eigenvalue weighted by Gasteiger charge is 2.30. The Balaban J connectivity index is 1.67. The summed E-state index contributed by atoms with van der Waals surface area (Å²) < 4.78 is 45.9. The molecule has 1 amide bonds. The molecule has 3 aromatic rings. The third-order valence-electron chi connectivity index (χ3n) is 5.19. The van der Waals surface area contributed by atoms with E-state index in [-0.39, 0.29) is 12.2 Å². The number of nitriles is 1. The molecule has 0 atom stereocenters. The second-order valence-electron chi connectivity index (χ2n) is 7.46. The van der Waals surface area contributed by atoms with Gasteiger partial charge in [-0.05, 0) is 52.0 Å². The van der Waals surface area contributed by atoms with Crippen LogP contribution in [-0.4, -0.2) is 23.2 Å². The number of nitrogens with one attached hydrogen (secondary N) is 2. The minimum Gasteiger partial charge on any atom is -0.443 e. The summed E-state index contributed by atoms with van der Waals surface area (Å²) in [4.78, 5) is 12.0. The summed E-state index contributed by atoms with van der Waals surface area (Å²) >= 11 is 0. The van der Waals surface area contributed by atoms with Crippen molar-refractivity contribution in [1.82, 2.24) is 9.99 Å². The molecule has 0 fully saturated rings. The average Bonchev–Trinajstić information content (AvgIpc) is 3.20. The molecule has 33 heavy (non-hydrogen) atoms. The van der Waals surface area contributed by atoms with Gasteiger partial charge in [0.25, 0.3) is 5.91 Å². The molecule has 172 valence electrons. The molecular formula is C23H22F3N5O2. The predicted molar refractivity (Wildman–Crippen MR) is 117 cm³/mol. The Labute approximate surface area is 188 Å². The van der Waals surface area contributed by atoms with E-state index in [1.54, 1.807) is 11.5 Å². The number of hydrogen-bond acceptors (Lipinski definition) is 5. The van der Waals surface area contributed by atoms with Gasteiger partial charge < -0.3 is 9.73 Å². The van der Waals surface area contributed by atoms with Crippen LogP contribution >= 0.6 is 0 Å². The number of alkyl halides is 3. The van der Waals surface area contributed by atoms with Crippen molar-refractivity contribution in [3.8, 4) is 12.0 Å². The highest BCUT2D eigenvalue weighted by Crippen LogP contribution is 2.31. The molecule has 3 rings (SSSR count). The molecule has 0 aliphatic rings. The summed E-state index contributed by atoms with van der Waals surface area (Å²) in [6, 6.07) is 8.59. The summed E-state index contributed by atoms with van der Waals surface area (Å²) in [7, 11) is 0. The molecule has 7 nitrogen and oxygen atoms in total. The number of carbonyl (C=O) groups is 1. The lowest BCUT2D eigenvalue weighted by molar-refractivity contribution is -0.137. The van der Waals surface area contributed by atoms with Crippen LogP contribution in [0.5, 0.6) is 0 Å². The van der Waals surface area contributed by atoms with Crippen LogP contribution < -0.4 is 10.7 Å². The topological polar surface area (TPSA) is 95.3 Å². The lowest BCUT2D eigenvalue weighted by Crippen LogP contribution is -2.26. The first kappa shape index (κ1) is 23.7. The highest BCUT2D eigenvalue weighted by atomic mass is 19.4. The first-order valence-electron chi connectivity index (χ1n) is 9.95. The van der Waals surface area contributed by atoms with Crippen molar-refractivity contribution in [2.75, 3.05) is 11.9 Å². The zero-order chi connectivity index (χ0) is 24.3. The summed E-state index contributed by atoms with van der Waals surface area (Å²) in [5.74, 6) is 0.558. The second kappa shape index (κ2) is 9.24. The first-order chi connectivity index (χ1) is 15.5. The average molecular weight is 457 g/mol. The van der Waals surface area contributed by atoms with E-state index in [1.807, 2.05) is 26.8 Å². The number of hydrazone groups is 1. The number of nitrogens with zero attached hydrogens (tertiary/aromatic N) is 3. The molecule has 2 N–H and O–H groups in total. The van der Waals surface area contributed by atoms with E-state index in [2.05, 4.69) is 21.9 Å². The molecule has 2 heterocycles. The molecule has 0 bridgehead atoms. The van der Waals surface area contributed by atoms with Crippen molar-refractivity contribution >= 4 is 17.8 Å². The fraction of sp³-hybridized carbons (Fsp3) is 0.261. The van der Waals surface area contributed by atoms with Gasteiger partial charge in [-0.2, -0.15) is 23.5 Å². The molecular weight excluding hydrogens is 435 g/mol. The lowest BCUT2D eigenvalue weighted by atomic mass is 10.2. The van der Waals surface area contributed by atoms with E-state index in [0.29, 0.717) is 22.8 Å². The molecule has 0 radical (unpaired) electrons. The Morgan fingerprint density at radius 1 is 1.24 bits per heavy atom. The van der Waals surface area contributed by atoms with Crippen LogP contribution in [0.2, 0.25) is 0 Å². The summed E-state index contributed by atoms with van der Waals surface area (Å²) in [5.41, 5.74) is 5.21. The number of benzene rings is 1. The quantitative estimate of drug-likeness (QED) is 0.412. The second-order valence-corrected chi connectivity index (χ2v) is 7.46. The van der Waals surface area contributed by atoms with Gasteiger partial charge in [0.2, 0.25) is 5.88 Å². The molecule has 0 saturated heterocycles. The molecule has 1 aromatic carbocycles. The number of hydrogen-bond donors (Lipinski definition) is 2. The van der Waals surface area contributed by atoms with Crippen molar-refractivity contribution in [3.63, 3.8) is 0 Å². The van der Waals surface area contributed by atoms with Gasteiger partial charge in [-0.25, -0.2) is 5.43 Å². The van der Waals surface area contributed by atoms with Crippen LogP contribution in [0.15, 0.2) is 39.9 Å². The molecule has 0 aliphatic carbocycles. The van der Waals surface area contributed by atoms with Gasteiger partial charge in [-0.3, -0.25) is 9.36 Å². The Hall–Kier alpha value is -4.00. The molecule has 0 aliphatic heterocycles. The Kier molecular flexibility index (Phi) is 6.62. The maximum Gasteiger partial charge on any atom is 0.416 e. The van der Waals surface area contributed by atoms with Gasteiger partial charge in [0.05, 0.1) is 18.3 Å². The van der Waals surface area contributed by atoms with Crippen molar-refractivity contribution < 1.29 is 22.4 Å². The lowest BCUT2D eigenvalue weighted by Gasteiger charge is -2.10. The van der Waals surface area contributed by atoms with Crippen LogP contribution in [-0.2, 0) is 11.0 Å². The van der Waals surface area contributed by atoms with Crippen molar-refractivity contribution in [3.05, 3.63) is 69.7 Å². The number of furan rings is 1. The molecule has 10 heteroatoms. The van der Waals surface area contributed by atoms with E-state index >= 15 is 0 Å². The van der Waals surface area contributed by atoms with Gasteiger partial charge in [0.15, 0.2) is 0 Å². The molecule has 0 saturated carbocycles. The minimum atomic E-state index is -4.46. The largest absolute Gasteiger partial charge is 0.443 e. The third kappa shape index (κ3) is 5.09. The monoisotopic (exact) mass is 457 g/mol. The summed E-state index contributed by atoms with van der Waals surface area (Å²) in [5, 5.41) is 16.1. The fourth-order valence-corrected chi connectivity index (χ4v) is 3.33. The van der Waals surface area contributed by atoms with Crippen LogP contribution in [0.25, 0.3) is 5.88 Å². The zero-order valence-electron chi connectivity index (χ0n) is 18.5. The number of carbonyl (C=O) groups excluding carboxylic acids is 1. The maximum absolute atomic E-state index is 12.8. The van der Waals surface area contributed by atoms with Crippen LogP contribution in [0.1, 0.15) is 39.4 Å². The number of aryl methyl sites for hydroxylation is 2. The first-order valence-corrected chi connectivity index (χ1v) is 9.95. The van der Waals surface area contributed by atoms with Gasteiger partial charge in [0.1, 0.15) is 17.4 Å². The number of halogens is 3. The van der Waals surface area contributed by atoms with Gasteiger partial charge in [0, 0.05) is 28.2 Å². The van der Waals surface area contributed by atoms with E-state index in [1.165, 1.54) is 18.3 Å².